The van der Waals surface area contributed by atoms with E-state index in [1.807, 2.05) is 11.8 Å². The molecule has 2 unspecified atom stereocenters. The van der Waals surface area contributed by atoms with E-state index in [-0.39, 0.29) is 30.8 Å². The van der Waals surface area contributed by atoms with Crippen LogP contribution in [0.15, 0.2) is 27.4 Å². The van der Waals surface area contributed by atoms with Gasteiger partial charge in [-0.3, -0.25) is 9.36 Å². The molecule has 132 valence electrons. The van der Waals surface area contributed by atoms with Crippen molar-refractivity contribution < 1.29 is 9.21 Å². The fourth-order valence-electron chi connectivity index (χ4n) is 3.26. The number of aryl methyl sites for hydroxylation is 1. The number of nitrogens with two attached hydrogens (primary N) is 1. The van der Waals surface area contributed by atoms with Crippen molar-refractivity contribution in [3.63, 3.8) is 0 Å². The van der Waals surface area contributed by atoms with Crippen LogP contribution in [0.2, 0.25) is 5.02 Å². The van der Waals surface area contributed by atoms with E-state index in [2.05, 4.69) is 0 Å². The Balaban J connectivity index is 0.00000208. The van der Waals surface area contributed by atoms with Gasteiger partial charge in [-0.15, -0.1) is 12.4 Å². The van der Waals surface area contributed by atoms with Crippen molar-refractivity contribution in [1.29, 1.82) is 0 Å². The maximum absolute atomic E-state index is 12.4. The largest absolute Gasteiger partial charge is 0.419 e. The molecule has 0 radical (unpaired) electrons. The standard InChI is InChI=1S/C16H20ClN3O3.ClH/c1-10-6-11(8-18)9-20(10)15(21)4-5-19-13-3-2-12(17)7-14(13)23-16(19)22;/h2-3,7,10-11H,4-6,8-9,18H2,1H3;1H. The highest BCUT2D eigenvalue weighted by Crippen LogP contribution is 2.23. The molecule has 2 N–H and O–H groups in total. The van der Waals surface area contributed by atoms with Crippen LogP contribution in [0.5, 0.6) is 0 Å². The van der Waals surface area contributed by atoms with Crippen LogP contribution in [0.1, 0.15) is 19.8 Å². The minimum atomic E-state index is -0.468. The van der Waals surface area contributed by atoms with Gasteiger partial charge in [-0.05, 0) is 37.9 Å². The lowest BCUT2D eigenvalue weighted by Gasteiger charge is -2.21. The summed E-state index contributed by atoms with van der Waals surface area (Å²) in [6, 6.07) is 5.24. The Morgan fingerprint density at radius 2 is 2.21 bits per heavy atom. The maximum atomic E-state index is 12.4. The number of halogens is 2. The van der Waals surface area contributed by atoms with Crippen LogP contribution in [0.3, 0.4) is 0 Å². The molecular formula is C16H21Cl2N3O3. The fourth-order valence-corrected chi connectivity index (χ4v) is 3.43. The third kappa shape index (κ3) is 3.61. The van der Waals surface area contributed by atoms with E-state index in [0.717, 1.165) is 6.42 Å². The first-order valence-corrected chi connectivity index (χ1v) is 8.16. The SMILES string of the molecule is CC1CC(CN)CN1C(=O)CCn1c(=O)oc2cc(Cl)ccc21.Cl. The summed E-state index contributed by atoms with van der Waals surface area (Å²) in [5.74, 6) is -0.0541. The van der Waals surface area contributed by atoms with Crippen molar-refractivity contribution in [3.05, 3.63) is 33.8 Å². The molecule has 0 bridgehead atoms. The van der Waals surface area contributed by atoms with E-state index in [1.165, 1.54) is 4.57 Å². The number of benzene rings is 1. The van der Waals surface area contributed by atoms with Crippen molar-refractivity contribution in [3.8, 4) is 0 Å². The van der Waals surface area contributed by atoms with Gasteiger partial charge in [0.25, 0.3) is 0 Å². The number of oxazole rings is 1. The Morgan fingerprint density at radius 1 is 1.46 bits per heavy atom. The zero-order valence-corrected chi connectivity index (χ0v) is 15.0. The summed E-state index contributed by atoms with van der Waals surface area (Å²) in [6.07, 6.45) is 1.20. The number of carbonyl (C=O) groups is 1. The Hall–Kier alpha value is -1.50. The average Bonchev–Trinajstić information content (AvgIpc) is 3.04. The highest BCUT2D eigenvalue weighted by molar-refractivity contribution is 6.31. The Morgan fingerprint density at radius 3 is 2.88 bits per heavy atom. The molecule has 0 saturated carbocycles. The van der Waals surface area contributed by atoms with Gasteiger partial charge in [0.05, 0.1) is 5.52 Å². The lowest BCUT2D eigenvalue weighted by molar-refractivity contribution is -0.132. The molecule has 2 atom stereocenters. The van der Waals surface area contributed by atoms with E-state index in [0.29, 0.717) is 41.7 Å². The van der Waals surface area contributed by atoms with Crippen LogP contribution < -0.4 is 11.5 Å². The van der Waals surface area contributed by atoms with Crippen LogP contribution in [0, 0.1) is 5.92 Å². The van der Waals surface area contributed by atoms with Gasteiger partial charge in [-0.25, -0.2) is 4.79 Å². The maximum Gasteiger partial charge on any atom is 0.419 e. The highest BCUT2D eigenvalue weighted by atomic mass is 35.5. The number of rotatable bonds is 4. The summed E-state index contributed by atoms with van der Waals surface area (Å²) in [7, 11) is 0. The van der Waals surface area contributed by atoms with Gasteiger partial charge < -0.3 is 15.1 Å². The normalized spacial score (nSPS) is 20.4. The topological polar surface area (TPSA) is 81.5 Å². The lowest BCUT2D eigenvalue weighted by atomic mass is 10.1. The van der Waals surface area contributed by atoms with Crippen LogP contribution in [0.4, 0.5) is 0 Å². The van der Waals surface area contributed by atoms with E-state index >= 15 is 0 Å². The van der Waals surface area contributed by atoms with Gasteiger partial charge in [-0.1, -0.05) is 11.6 Å². The molecule has 2 aromatic rings. The van der Waals surface area contributed by atoms with Crippen molar-refractivity contribution in [2.75, 3.05) is 13.1 Å². The molecule has 0 aliphatic carbocycles. The zero-order valence-electron chi connectivity index (χ0n) is 13.4. The molecule has 3 rings (SSSR count). The molecule has 1 aromatic carbocycles. The van der Waals surface area contributed by atoms with E-state index in [9.17, 15) is 9.59 Å². The molecule has 1 amide bonds. The third-order valence-electron chi connectivity index (χ3n) is 4.49. The monoisotopic (exact) mass is 373 g/mol. The Kier molecular flexibility index (Phi) is 5.96. The Labute approximate surface area is 150 Å². The first kappa shape index (κ1) is 18.8. The zero-order chi connectivity index (χ0) is 16.6. The number of aromatic nitrogens is 1. The minimum absolute atomic E-state index is 0. The van der Waals surface area contributed by atoms with Crippen molar-refractivity contribution in [2.45, 2.75) is 32.4 Å². The fraction of sp³-hybridized carbons (Fsp3) is 0.500. The van der Waals surface area contributed by atoms with E-state index in [4.69, 9.17) is 21.8 Å². The number of fused-ring (bicyclic) bond motifs is 1. The van der Waals surface area contributed by atoms with Crippen LogP contribution in [-0.4, -0.2) is 34.5 Å². The number of carbonyl (C=O) groups excluding carboxylic acids is 1. The molecule has 1 aromatic heterocycles. The van der Waals surface area contributed by atoms with Crippen LogP contribution >= 0.6 is 24.0 Å². The minimum Gasteiger partial charge on any atom is -0.408 e. The second-order valence-corrected chi connectivity index (χ2v) is 6.55. The second-order valence-electron chi connectivity index (χ2n) is 6.11. The molecule has 0 spiro atoms. The Bertz CT molecular complexity index is 786. The molecule has 6 nitrogen and oxygen atoms in total. The summed E-state index contributed by atoms with van der Waals surface area (Å²) >= 11 is 5.90. The van der Waals surface area contributed by atoms with Gasteiger partial charge in [0.1, 0.15) is 0 Å². The summed E-state index contributed by atoms with van der Waals surface area (Å²) in [5, 5.41) is 0.508. The number of nitrogens with zero attached hydrogens (tertiary/aromatic N) is 2. The molecule has 24 heavy (non-hydrogen) atoms. The summed E-state index contributed by atoms with van der Waals surface area (Å²) in [4.78, 5) is 26.3. The number of amides is 1. The second kappa shape index (κ2) is 7.59. The number of likely N-dealkylation sites (tertiary alicyclic amines) is 1. The average molecular weight is 374 g/mol. The third-order valence-corrected chi connectivity index (χ3v) is 4.73. The van der Waals surface area contributed by atoms with Gasteiger partial charge >= 0.3 is 5.76 Å². The van der Waals surface area contributed by atoms with Crippen LogP contribution in [-0.2, 0) is 11.3 Å². The van der Waals surface area contributed by atoms with Gasteiger partial charge in [0.2, 0.25) is 5.91 Å². The molecule has 1 saturated heterocycles. The van der Waals surface area contributed by atoms with Crippen LogP contribution in [0.25, 0.3) is 11.1 Å². The quantitative estimate of drug-likeness (QED) is 0.890. The summed E-state index contributed by atoms with van der Waals surface area (Å²) in [6.45, 7) is 3.63. The summed E-state index contributed by atoms with van der Waals surface area (Å²) in [5.41, 5.74) is 6.79. The predicted molar refractivity (Wildman–Crippen MR) is 95.7 cm³/mol. The molecule has 2 heterocycles. The summed E-state index contributed by atoms with van der Waals surface area (Å²) < 4.78 is 6.65. The first-order chi connectivity index (χ1) is 11.0. The molecule has 1 aliphatic rings. The first-order valence-electron chi connectivity index (χ1n) is 7.78. The van der Waals surface area contributed by atoms with Gasteiger partial charge in [-0.2, -0.15) is 0 Å². The van der Waals surface area contributed by atoms with Gasteiger partial charge in [0, 0.05) is 36.6 Å². The number of hydrogen-bond donors (Lipinski definition) is 1. The van der Waals surface area contributed by atoms with Crippen molar-refractivity contribution >= 4 is 41.0 Å². The molecular weight excluding hydrogens is 353 g/mol. The molecule has 1 fully saturated rings. The molecule has 1 aliphatic heterocycles. The smallest absolute Gasteiger partial charge is 0.408 e. The lowest BCUT2D eigenvalue weighted by Crippen LogP contribution is -2.35. The highest BCUT2D eigenvalue weighted by Gasteiger charge is 2.31. The van der Waals surface area contributed by atoms with E-state index in [1.54, 1.807) is 18.2 Å². The van der Waals surface area contributed by atoms with Gasteiger partial charge in [0.15, 0.2) is 5.58 Å². The predicted octanol–water partition coefficient (Wildman–Crippen LogP) is 2.26. The number of hydrogen-bond acceptors (Lipinski definition) is 4. The van der Waals surface area contributed by atoms with Crippen molar-refractivity contribution in [1.82, 2.24) is 9.47 Å². The van der Waals surface area contributed by atoms with E-state index < -0.39 is 5.76 Å². The van der Waals surface area contributed by atoms with Crippen molar-refractivity contribution in [2.24, 2.45) is 11.7 Å². The molecule has 8 heteroatoms.